The van der Waals surface area contributed by atoms with Gasteiger partial charge in [-0.15, -0.1) is 0 Å². The Morgan fingerprint density at radius 2 is 1.78 bits per heavy atom. The van der Waals surface area contributed by atoms with E-state index < -0.39 is 0 Å². The highest BCUT2D eigenvalue weighted by atomic mass is 16.5. The lowest BCUT2D eigenvalue weighted by Crippen LogP contribution is -2.18. The van der Waals surface area contributed by atoms with Gasteiger partial charge < -0.3 is 10.5 Å². The summed E-state index contributed by atoms with van der Waals surface area (Å²) in [6.45, 7) is 9.59. The molecule has 23 heavy (non-hydrogen) atoms. The molecular formula is C18H26N4O. The maximum absolute atomic E-state index is 5.92. The fourth-order valence-corrected chi connectivity index (χ4v) is 2.53. The predicted octanol–water partition coefficient (Wildman–Crippen LogP) is 3.16. The average Bonchev–Trinajstić information content (AvgIpc) is 2.53. The first-order valence-corrected chi connectivity index (χ1v) is 8.10. The Morgan fingerprint density at radius 3 is 2.43 bits per heavy atom. The molecule has 0 aromatic carbocycles. The van der Waals surface area contributed by atoms with Crippen molar-refractivity contribution in [1.82, 2.24) is 15.0 Å². The van der Waals surface area contributed by atoms with Crippen LogP contribution in [0.1, 0.15) is 31.8 Å². The first-order chi connectivity index (χ1) is 11.0. The number of nitrogens with zero attached hydrogens (tertiary/aromatic N) is 3. The third-order valence-electron chi connectivity index (χ3n) is 3.81. The van der Waals surface area contributed by atoms with Crippen molar-refractivity contribution in [3.63, 3.8) is 0 Å². The Labute approximate surface area is 138 Å². The van der Waals surface area contributed by atoms with Gasteiger partial charge in [-0.1, -0.05) is 13.8 Å². The molecule has 0 aliphatic rings. The van der Waals surface area contributed by atoms with E-state index >= 15 is 0 Å². The van der Waals surface area contributed by atoms with Crippen molar-refractivity contribution in [2.24, 2.45) is 17.6 Å². The molecule has 0 fully saturated rings. The molecule has 0 saturated heterocycles. The summed E-state index contributed by atoms with van der Waals surface area (Å²) in [5.41, 5.74) is 8.21. The molecule has 2 N–H and O–H groups in total. The zero-order valence-electron chi connectivity index (χ0n) is 14.4. The molecule has 0 saturated carbocycles. The van der Waals surface area contributed by atoms with Crippen molar-refractivity contribution >= 4 is 0 Å². The van der Waals surface area contributed by atoms with Crippen LogP contribution in [-0.4, -0.2) is 28.1 Å². The number of hydrogen-bond donors (Lipinski definition) is 1. The smallest absolute Gasteiger partial charge is 0.140 e. The average molecular weight is 314 g/mol. The second-order valence-electron chi connectivity index (χ2n) is 6.26. The van der Waals surface area contributed by atoms with Crippen molar-refractivity contribution in [3.05, 3.63) is 35.9 Å². The number of aromatic nitrogens is 3. The Kier molecular flexibility index (Phi) is 6.04. The highest BCUT2D eigenvalue weighted by molar-refractivity contribution is 5.55. The summed E-state index contributed by atoms with van der Waals surface area (Å²) in [4.78, 5) is 13.1. The van der Waals surface area contributed by atoms with Gasteiger partial charge in [-0.05, 0) is 56.8 Å². The van der Waals surface area contributed by atoms with Crippen LogP contribution in [-0.2, 0) is 0 Å². The molecule has 0 spiro atoms. The molecule has 2 atom stereocenters. The van der Waals surface area contributed by atoms with Crippen molar-refractivity contribution in [1.29, 1.82) is 0 Å². The molecule has 2 aromatic heterocycles. The van der Waals surface area contributed by atoms with E-state index in [4.69, 9.17) is 10.5 Å². The van der Waals surface area contributed by atoms with Gasteiger partial charge in [0.2, 0.25) is 0 Å². The standard InChI is InChI=1S/C18H26N4O/c1-12(10-19)9-13(2)11-23-18-6-5-16(21-14(18)3)17-7-8-20-15(4)22-17/h5-8,12-13H,9-11,19H2,1-4H3. The second-order valence-corrected chi connectivity index (χ2v) is 6.26. The lowest BCUT2D eigenvalue weighted by molar-refractivity contribution is 0.235. The largest absolute Gasteiger partial charge is 0.491 e. The van der Waals surface area contributed by atoms with Gasteiger partial charge in [0.05, 0.1) is 23.7 Å². The van der Waals surface area contributed by atoms with Crippen LogP contribution in [0.5, 0.6) is 5.75 Å². The third kappa shape index (κ3) is 4.99. The molecule has 2 rings (SSSR count). The van der Waals surface area contributed by atoms with E-state index in [0.717, 1.165) is 41.6 Å². The van der Waals surface area contributed by atoms with Crippen molar-refractivity contribution in [3.8, 4) is 17.1 Å². The van der Waals surface area contributed by atoms with Crippen molar-refractivity contribution < 1.29 is 4.74 Å². The van der Waals surface area contributed by atoms with Gasteiger partial charge in [-0.3, -0.25) is 0 Å². The van der Waals surface area contributed by atoms with Crippen LogP contribution in [0.3, 0.4) is 0 Å². The predicted molar refractivity (Wildman–Crippen MR) is 92.2 cm³/mol. The van der Waals surface area contributed by atoms with Gasteiger partial charge in [0, 0.05) is 6.20 Å². The van der Waals surface area contributed by atoms with Crippen LogP contribution in [0.2, 0.25) is 0 Å². The summed E-state index contributed by atoms with van der Waals surface area (Å²) < 4.78 is 5.92. The highest BCUT2D eigenvalue weighted by Gasteiger charge is 2.11. The summed E-state index contributed by atoms with van der Waals surface area (Å²) in [7, 11) is 0. The maximum atomic E-state index is 5.92. The van der Waals surface area contributed by atoms with Crippen molar-refractivity contribution in [2.75, 3.05) is 13.2 Å². The fraction of sp³-hybridized carbons (Fsp3) is 0.500. The summed E-state index contributed by atoms with van der Waals surface area (Å²) in [6, 6.07) is 5.77. The van der Waals surface area contributed by atoms with Gasteiger partial charge in [0.1, 0.15) is 11.6 Å². The fourth-order valence-electron chi connectivity index (χ4n) is 2.53. The summed E-state index contributed by atoms with van der Waals surface area (Å²) >= 11 is 0. The van der Waals surface area contributed by atoms with E-state index in [9.17, 15) is 0 Å². The van der Waals surface area contributed by atoms with Gasteiger partial charge in [-0.2, -0.15) is 0 Å². The van der Waals surface area contributed by atoms with E-state index in [2.05, 4.69) is 28.8 Å². The van der Waals surface area contributed by atoms with E-state index in [-0.39, 0.29) is 0 Å². The SMILES string of the molecule is Cc1nccc(-c2ccc(OCC(C)CC(C)CN)c(C)n2)n1. The Balaban J connectivity index is 2.02. The molecule has 5 nitrogen and oxygen atoms in total. The zero-order chi connectivity index (χ0) is 16.8. The van der Waals surface area contributed by atoms with Crippen LogP contribution in [0.25, 0.3) is 11.4 Å². The van der Waals surface area contributed by atoms with Crippen LogP contribution in [0.4, 0.5) is 0 Å². The number of rotatable bonds is 7. The molecular weight excluding hydrogens is 288 g/mol. The molecule has 0 bridgehead atoms. The quantitative estimate of drug-likeness (QED) is 0.849. The first-order valence-electron chi connectivity index (χ1n) is 8.10. The minimum Gasteiger partial charge on any atom is -0.491 e. The highest BCUT2D eigenvalue weighted by Crippen LogP contribution is 2.22. The Morgan fingerprint density at radius 1 is 1.04 bits per heavy atom. The van der Waals surface area contributed by atoms with Crippen LogP contribution in [0.15, 0.2) is 24.4 Å². The Hall–Kier alpha value is -2.01. The van der Waals surface area contributed by atoms with Gasteiger partial charge in [-0.25, -0.2) is 15.0 Å². The number of hydrogen-bond acceptors (Lipinski definition) is 5. The summed E-state index contributed by atoms with van der Waals surface area (Å²) in [5, 5.41) is 0. The number of nitrogens with two attached hydrogens (primary N) is 1. The topological polar surface area (TPSA) is 73.9 Å². The lowest BCUT2D eigenvalue weighted by Gasteiger charge is -2.17. The minimum atomic E-state index is 0.470. The molecule has 0 aliphatic heterocycles. The molecule has 2 unspecified atom stereocenters. The molecule has 0 amide bonds. The molecule has 0 radical (unpaired) electrons. The number of ether oxygens (including phenoxy) is 1. The summed E-state index contributed by atoms with van der Waals surface area (Å²) in [6.07, 6.45) is 2.82. The lowest BCUT2D eigenvalue weighted by atomic mass is 9.98. The summed E-state index contributed by atoms with van der Waals surface area (Å²) in [5.74, 6) is 2.56. The molecule has 5 heteroatoms. The second kappa shape index (κ2) is 8.02. The van der Waals surface area contributed by atoms with E-state index in [1.165, 1.54) is 0 Å². The molecule has 0 aliphatic carbocycles. The van der Waals surface area contributed by atoms with Gasteiger partial charge >= 0.3 is 0 Å². The van der Waals surface area contributed by atoms with Crippen LogP contribution < -0.4 is 10.5 Å². The van der Waals surface area contributed by atoms with Gasteiger partial charge in [0.25, 0.3) is 0 Å². The van der Waals surface area contributed by atoms with Crippen LogP contribution >= 0.6 is 0 Å². The minimum absolute atomic E-state index is 0.470. The van der Waals surface area contributed by atoms with Crippen molar-refractivity contribution in [2.45, 2.75) is 34.1 Å². The van der Waals surface area contributed by atoms with Gasteiger partial charge in [0.15, 0.2) is 0 Å². The monoisotopic (exact) mass is 314 g/mol. The first kappa shape index (κ1) is 17.3. The number of pyridine rings is 1. The van der Waals surface area contributed by atoms with E-state index in [1.54, 1.807) is 6.20 Å². The molecule has 2 aromatic rings. The number of aryl methyl sites for hydroxylation is 2. The Bertz CT molecular complexity index is 645. The zero-order valence-corrected chi connectivity index (χ0v) is 14.4. The molecule has 124 valence electrons. The normalized spacial score (nSPS) is 13.6. The van der Waals surface area contributed by atoms with E-state index in [1.807, 2.05) is 32.0 Å². The maximum Gasteiger partial charge on any atom is 0.140 e. The van der Waals surface area contributed by atoms with E-state index in [0.29, 0.717) is 18.4 Å². The van der Waals surface area contributed by atoms with Crippen LogP contribution in [0, 0.1) is 25.7 Å². The third-order valence-corrected chi connectivity index (χ3v) is 3.81. The molecule has 2 heterocycles.